The lowest BCUT2D eigenvalue weighted by molar-refractivity contribution is 0.544. The Hall–Kier alpha value is -1.12. The molecule has 1 aromatic heterocycles. The van der Waals surface area contributed by atoms with Crippen molar-refractivity contribution in [1.82, 2.24) is 9.97 Å². The molecule has 0 amide bonds. The zero-order chi connectivity index (χ0) is 12.3. The molecule has 0 aliphatic carbocycles. The molecular weight excluding hydrogens is 200 g/mol. The minimum Gasteiger partial charge on any atom is -0.311 e. The first-order chi connectivity index (χ1) is 7.29. The van der Waals surface area contributed by atoms with Crippen LogP contribution in [0.5, 0.6) is 0 Å². The Morgan fingerprint density at radius 3 is 2.50 bits per heavy atom. The number of nitrogens with one attached hydrogen (secondary N) is 1. The van der Waals surface area contributed by atoms with Crippen LogP contribution in [0.3, 0.4) is 0 Å². The molecule has 90 valence electrons. The van der Waals surface area contributed by atoms with Gasteiger partial charge in [0.1, 0.15) is 5.82 Å². The van der Waals surface area contributed by atoms with Gasteiger partial charge in [-0.25, -0.2) is 4.98 Å². The molecule has 0 atom stereocenters. The predicted octanol–water partition coefficient (Wildman–Crippen LogP) is 2.66. The Labute approximate surface area is 97.3 Å². The summed E-state index contributed by atoms with van der Waals surface area (Å²) in [4.78, 5) is 18.8. The lowest BCUT2D eigenvalue weighted by Crippen LogP contribution is -2.21. The maximum Gasteiger partial charge on any atom is 0.251 e. The van der Waals surface area contributed by atoms with E-state index in [1.807, 2.05) is 0 Å². The molecule has 0 bridgehead atoms. The largest absolute Gasteiger partial charge is 0.311 e. The standard InChI is InChI=1S/C13H22N2O/c1-9(2)6-7-11-14-10(13(3,4)5)8-12(16)15-11/h8-9H,6-7H2,1-5H3,(H,14,15,16). The van der Waals surface area contributed by atoms with Gasteiger partial charge in [-0.3, -0.25) is 4.79 Å². The van der Waals surface area contributed by atoms with Gasteiger partial charge < -0.3 is 4.98 Å². The molecule has 16 heavy (non-hydrogen) atoms. The van der Waals surface area contributed by atoms with Crippen LogP contribution in [0.4, 0.5) is 0 Å². The van der Waals surface area contributed by atoms with E-state index >= 15 is 0 Å². The van der Waals surface area contributed by atoms with Crippen molar-refractivity contribution < 1.29 is 0 Å². The second-order valence-corrected chi connectivity index (χ2v) is 5.76. The summed E-state index contributed by atoms with van der Waals surface area (Å²) >= 11 is 0. The molecule has 1 heterocycles. The fourth-order valence-electron chi connectivity index (χ4n) is 1.44. The summed E-state index contributed by atoms with van der Waals surface area (Å²) in [6, 6.07) is 1.60. The number of hydrogen-bond acceptors (Lipinski definition) is 2. The molecule has 0 saturated heterocycles. The van der Waals surface area contributed by atoms with Gasteiger partial charge >= 0.3 is 0 Å². The van der Waals surface area contributed by atoms with Crippen LogP contribution < -0.4 is 5.56 Å². The Morgan fingerprint density at radius 2 is 2.00 bits per heavy atom. The highest BCUT2D eigenvalue weighted by molar-refractivity contribution is 5.12. The maximum absolute atomic E-state index is 11.5. The zero-order valence-electron chi connectivity index (χ0n) is 10.9. The SMILES string of the molecule is CC(C)CCc1nc(C(C)(C)C)cc(=O)[nH]1. The van der Waals surface area contributed by atoms with Crippen LogP contribution in [0.25, 0.3) is 0 Å². The molecule has 0 aliphatic heterocycles. The first-order valence-electron chi connectivity index (χ1n) is 5.90. The molecule has 3 nitrogen and oxygen atoms in total. The highest BCUT2D eigenvalue weighted by atomic mass is 16.1. The average molecular weight is 222 g/mol. The van der Waals surface area contributed by atoms with Crippen molar-refractivity contribution in [3.8, 4) is 0 Å². The number of aromatic nitrogens is 2. The van der Waals surface area contributed by atoms with Gasteiger partial charge in [-0.1, -0.05) is 34.6 Å². The highest BCUT2D eigenvalue weighted by Gasteiger charge is 2.16. The summed E-state index contributed by atoms with van der Waals surface area (Å²) in [6.07, 6.45) is 1.90. The second-order valence-electron chi connectivity index (χ2n) is 5.76. The number of rotatable bonds is 3. The van der Waals surface area contributed by atoms with Crippen LogP contribution in [-0.2, 0) is 11.8 Å². The van der Waals surface area contributed by atoms with E-state index in [9.17, 15) is 4.79 Å². The van der Waals surface area contributed by atoms with Crippen molar-refractivity contribution in [1.29, 1.82) is 0 Å². The van der Waals surface area contributed by atoms with Gasteiger partial charge in [-0.15, -0.1) is 0 Å². The Kier molecular flexibility index (Phi) is 3.89. The minimum atomic E-state index is -0.0686. The van der Waals surface area contributed by atoms with E-state index in [1.54, 1.807) is 6.07 Å². The van der Waals surface area contributed by atoms with Gasteiger partial charge in [0.05, 0.1) is 5.69 Å². The Balaban J connectivity index is 2.95. The third kappa shape index (κ3) is 3.80. The summed E-state index contributed by atoms with van der Waals surface area (Å²) in [5.41, 5.74) is 0.759. The van der Waals surface area contributed by atoms with Gasteiger partial charge in [0.15, 0.2) is 0 Å². The van der Waals surface area contributed by atoms with Crippen LogP contribution in [0, 0.1) is 5.92 Å². The summed E-state index contributed by atoms with van der Waals surface area (Å²) < 4.78 is 0. The van der Waals surface area contributed by atoms with Crippen LogP contribution in [-0.4, -0.2) is 9.97 Å². The molecule has 0 aliphatic rings. The van der Waals surface area contributed by atoms with E-state index in [0.717, 1.165) is 24.4 Å². The number of nitrogens with zero attached hydrogens (tertiary/aromatic N) is 1. The number of aryl methyl sites for hydroxylation is 1. The monoisotopic (exact) mass is 222 g/mol. The summed E-state index contributed by atoms with van der Waals surface area (Å²) in [6.45, 7) is 10.6. The minimum absolute atomic E-state index is 0.0429. The van der Waals surface area contributed by atoms with Gasteiger partial charge in [-0.05, 0) is 12.3 Å². The molecule has 0 fully saturated rings. The van der Waals surface area contributed by atoms with Gasteiger partial charge in [0.25, 0.3) is 5.56 Å². The van der Waals surface area contributed by atoms with E-state index in [-0.39, 0.29) is 11.0 Å². The maximum atomic E-state index is 11.5. The third-order valence-corrected chi connectivity index (χ3v) is 2.52. The molecule has 0 aromatic carbocycles. The number of hydrogen-bond donors (Lipinski definition) is 1. The van der Waals surface area contributed by atoms with E-state index in [2.05, 4.69) is 44.6 Å². The summed E-state index contributed by atoms with van der Waals surface area (Å²) in [5.74, 6) is 1.44. The van der Waals surface area contributed by atoms with Gasteiger partial charge in [-0.2, -0.15) is 0 Å². The van der Waals surface area contributed by atoms with Crippen molar-refractivity contribution in [2.24, 2.45) is 5.92 Å². The molecule has 1 aromatic rings. The average Bonchev–Trinajstić information content (AvgIpc) is 2.12. The van der Waals surface area contributed by atoms with E-state index in [1.165, 1.54) is 0 Å². The van der Waals surface area contributed by atoms with Crippen molar-refractivity contribution in [3.05, 3.63) is 27.9 Å². The smallest absolute Gasteiger partial charge is 0.251 e. The first-order valence-corrected chi connectivity index (χ1v) is 5.90. The lowest BCUT2D eigenvalue weighted by Gasteiger charge is -2.18. The van der Waals surface area contributed by atoms with Gasteiger partial charge in [0.2, 0.25) is 0 Å². The summed E-state index contributed by atoms with van der Waals surface area (Å²) in [7, 11) is 0. The molecule has 1 N–H and O–H groups in total. The van der Waals surface area contributed by atoms with Crippen molar-refractivity contribution >= 4 is 0 Å². The highest BCUT2D eigenvalue weighted by Crippen LogP contribution is 2.18. The molecule has 0 saturated carbocycles. The van der Waals surface area contributed by atoms with Crippen LogP contribution in [0.2, 0.25) is 0 Å². The molecular formula is C13H22N2O. The molecule has 1 rings (SSSR count). The molecule has 0 radical (unpaired) electrons. The first kappa shape index (κ1) is 12.9. The Morgan fingerprint density at radius 1 is 1.38 bits per heavy atom. The lowest BCUT2D eigenvalue weighted by atomic mass is 9.92. The summed E-state index contributed by atoms with van der Waals surface area (Å²) in [5, 5.41) is 0. The Bertz CT molecular complexity index is 399. The molecule has 0 unspecified atom stereocenters. The van der Waals surface area contributed by atoms with Crippen molar-refractivity contribution in [3.63, 3.8) is 0 Å². The van der Waals surface area contributed by atoms with Crippen molar-refractivity contribution in [2.45, 2.75) is 52.9 Å². The second kappa shape index (κ2) is 4.81. The fourth-order valence-corrected chi connectivity index (χ4v) is 1.44. The number of aromatic amines is 1. The van der Waals surface area contributed by atoms with Crippen LogP contribution in [0.1, 0.15) is 52.6 Å². The van der Waals surface area contributed by atoms with Crippen molar-refractivity contribution in [2.75, 3.05) is 0 Å². The predicted molar refractivity (Wildman–Crippen MR) is 66.7 cm³/mol. The van der Waals surface area contributed by atoms with E-state index in [4.69, 9.17) is 0 Å². The van der Waals surface area contributed by atoms with Crippen LogP contribution >= 0.6 is 0 Å². The van der Waals surface area contributed by atoms with Gasteiger partial charge in [0, 0.05) is 17.9 Å². The van der Waals surface area contributed by atoms with Crippen LogP contribution in [0.15, 0.2) is 10.9 Å². The van der Waals surface area contributed by atoms with E-state index < -0.39 is 0 Å². The molecule has 3 heteroatoms. The third-order valence-electron chi connectivity index (χ3n) is 2.52. The normalized spacial score (nSPS) is 12.1. The number of H-pyrrole nitrogens is 1. The topological polar surface area (TPSA) is 45.8 Å². The van der Waals surface area contributed by atoms with E-state index in [0.29, 0.717) is 5.92 Å². The fraction of sp³-hybridized carbons (Fsp3) is 0.692. The quantitative estimate of drug-likeness (QED) is 0.854. The zero-order valence-corrected chi connectivity index (χ0v) is 10.9. The molecule has 0 spiro atoms.